The Kier molecular flexibility index (Phi) is 21.5. The highest BCUT2D eigenvalue weighted by molar-refractivity contribution is 6.13. The molecule has 644 valence electrons. The Bertz CT molecular complexity index is 8070. The summed E-state index contributed by atoms with van der Waals surface area (Å²) in [6.45, 7) is 0. The number of ether oxygens (including phenoxy) is 1. The molecule has 3 aromatic heterocycles. The fourth-order valence-electron chi connectivity index (χ4n) is 19.4. The van der Waals surface area contributed by atoms with Crippen LogP contribution in [-0.2, 0) is 0 Å². The van der Waals surface area contributed by atoms with Gasteiger partial charge in [0.25, 0.3) is 0 Å². The van der Waals surface area contributed by atoms with Crippen LogP contribution in [0.25, 0.3) is 173 Å². The summed E-state index contributed by atoms with van der Waals surface area (Å²) in [7, 11) is 0. The fraction of sp³-hybridized carbons (Fsp3) is 0. The monoisotopic (exact) mass is 1750 g/mol. The number of aromatic nitrogens is 5. The van der Waals surface area contributed by atoms with Crippen molar-refractivity contribution in [1.82, 2.24) is 24.5 Å². The number of rotatable bonds is 21. The molecule has 0 radical (unpaired) electrons. The van der Waals surface area contributed by atoms with Gasteiger partial charge in [0.2, 0.25) is 0 Å². The van der Waals surface area contributed by atoms with E-state index in [-0.39, 0.29) is 0 Å². The highest BCUT2D eigenvalue weighted by Crippen LogP contribution is 2.57. The summed E-state index contributed by atoms with van der Waals surface area (Å²) in [6, 6.07) is 186. The van der Waals surface area contributed by atoms with E-state index in [1.807, 2.05) is 54.6 Å². The van der Waals surface area contributed by atoms with Crippen LogP contribution in [0.5, 0.6) is 11.5 Å². The first-order valence-electron chi connectivity index (χ1n) is 46.4. The number of hydrogen-bond donors (Lipinski definition) is 0. The third-order valence-electron chi connectivity index (χ3n) is 26.0. The molecule has 24 rings (SSSR count). The van der Waals surface area contributed by atoms with Crippen LogP contribution < -0.4 is 19.4 Å². The number of para-hydroxylation sites is 7. The molecule has 137 heavy (non-hydrogen) atoms. The van der Waals surface area contributed by atoms with E-state index in [0.717, 1.165) is 224 Å². The minimum absolute atomic E-state index is 0.648. The molecule has 0 saturated heterocycles. The summed E-state index contributed by atoms with van der Waals surface area (Å²) in [5.74, 6) is 2.92. The minimum atomic E-state index is 0.648. The van der Waals surface area contributed by atoms with E-state index in [4.69, 9.17) is 24.7 Å². The van der Waals surface area contributed by atoms with Gasteiger partial charge in [0.05, 0.1) is 50.9 Å². The average Bonchev–Trinajstić information content (AvgIpc) is 1.66. The van der Waals surface area contributed by atoms with Gasteiger partial charge in [-0.05, 0) is 212 Å². The molecule has 9 nitrogen and oxygen atoms in total. The number of fused-ring (bicyclic) bond motifs is 5. The standard InChI is InChI=1S/C128H86N8O/c1-11-35-90(36-12-1)109-83-108(84-110(91-37-13-2-14-38-91)125(109)98-69-67-97(68-70-98)116-85-115(94-43-19-5-20-44-94)129-127(130-116)99-45-21-6-22-46-99)135-119-77-75-106(133(102-49-25-8-26-50-102)103-51-27-9-28-52-103)81-113(119)114-82-107(76-78-120(114)135)134(104-53-29-10-30-54-104)105-73-71-88(72-74-105)87-59-63-95(64-60-87)117-86-118(132-128(131-117)100-47-23-7-24-48-100)96-65-61-89(62-66-96)101-79-111(92-39-15-3-16-40-92)126(112(80-101)93-41-17-4-18-42-93)136-121-55-31-33-57-123(121)137-124-58-34-32-56-122(124)136/h1-86H. The summed E-state index contributed by atoms with van der Waals surface area (Å²) in [5.41, 5.74) is 36.9. The van der Waals surface area contributed by atoms with Crippen LogP contribution in [0, 0.1) is 0 Å². The van der Waals surface area contributed by atoms with Crippen LogP contribution in [0.4, 0.5) is 51.2 Å². The molecular formula is C128H86N8O. The molecule has 0 unspecified atom stereocenters. The van der Waals surface area contributed by atoms with E-state index in [9.17, 15) is 0 Å². The predicted molar refractivity (Wildman–Crippen MR) is 567 cm³/mol. The number of anilines is 9. The second-order valence-corrected chi connectivity index (χ2v) is 34.4. The van der Waals surface area contributed by atoms with Crippen LogP contribution in [-0.4, -0.2) is 24.5 Å². The van der Waals surface area contributed by atoms with Crippen molar-refractivity contribution in [3.8, 4) is 163 Å². The van der Waals surface area contributed by atoms with Crippen molar-refractivity contribution in [3.63, 3.8) is 0 Å². The van der Waals surface area contributed by atoms with Crippen LogP contribution in [0.2, 0.25) is 0 Å². The highest BCUT2D eigenvalue weighted by atomic mass is 16.5. The fourth-order valence-corrected chi connectivity index (χ4v) is 19.4. The van der Waals surface area contributed by atoms with Crippen molar-refractivity contribution in [1.29, 1.82) is 0 Å². The van der Waals surface area contributed by atoms with Crippen molar-refractivity contribution >= 4 is 73.0 Å². The molecule has 23 aromatic rings. The molecule has 9 heteroatoms. The van der Waals surface area contributed by atoms with Gasteiger partial charge in [-0.2, -0.15) is 0 Å². The van der Waals surface area contributed by atoms with Crippen LogP contribution in [0.3, 0.4) is 0 Å². The predicted octanol–water partition coefficient (Wildman–Crippen LogP) is 34.5. The van der Waals surface area contributed by atoms with Gasteiger partial charge < -0.3 is 24.0 Å². The topological polar surface area (TPSA) is 75.4 Å². The maximum absolute atomic E-state index is 6.61. The third kappa shape index (κ3) is 16.0. The SMILES string of the molecule is c1ccc(-c2cc(-c3ccc(-c4c(-c5ccccc5)cc(-n5c6ccc(N(c7ccccc7)c7ccccc7)cc6c6cc(N(c7ccccc7)c7ccc(-c8ccc(-c9cc(-c%10ccc(-c%11cc(-c%12ccccc%12)c(N%12c%13ccccc%13Oc%13ccccc%13%12)c(-c%12ccccc%12)c%11)cc%10)nc(-c%10ccccc%10)n9)cc8)cc7)ccc65)cc4-c4ccccc4)cc3)nc(-c3ccccc3)n2)cc1. The Hall–Kier alpha value is -18.4. The molecule has 0 fully saturated rings. The van der Waals surface area contributed by atoms with Gasteiger partial charge in [-0.3, -0.25) is 0 Å². The van der Waals surface area contributed by atoms with E-state index in [0.29, 0.717) is 11.6 Å². The summed E-state index contributed by atoms with van der Waals surface area (Å²) < 4.78 is 9.09. The summed E-state index contributed by atoms with van der Waals surface area (Å²) >= 11 is 0. The Morgan fingerprint density at radius 3 is 0.825 bits per heavy atom. The molecule has 1 aliphatic heterocycles. The Balaban J connectivity index is 0.592. The quantitative estimate of drug-likeness (QED) is 0.0704. The van der Waals surface area contributed by atoms with Crippen molar-refractivity contribution in [2.24, 2.45) is 0 Å². The van der Waals surface area contributed by atoms with E-state index in [1.165, 1.54) is 0 Å². The molecule has 0 spiro atoms. The van der Waals surface area contributed by atoms with Gasteiger partial charge in [-0.15, -0.1) is 0 Å². The first-order chi connectivity index (χ1) is 67.9. The lowest BCUT2D eigenvalue weighted by molar-refractivity contribution is 0.477. The van der Waals surface area contributed by atoms with Crippen LogP contribution in [0.1, 0.15) is 0 Å². The van der Waals surface area contributed by atoms with Gasteiger partial charge in [0.15, 0.2) is 23.1 Å². The lowest BCUT2D eigenvalue weighted by Gasteiger charge is -2.35. The maximum Gasteiger partial charge on any atom is 0.160 e. The zero-order chi connectivity index (χ0) is 90.9. The summed E-state index contributed by atoms with van der Waals surface area (Å²) in [4.78, 5) is 28.2. The first kappa shape index (κ1) is 81.8. The maximum atomic E-state index is 6.61. The van der Waals surface area contributed by atoms with Crippen molar-refractivity contribution in [3.05, 3.63) is 522 Å². The number of nitrogens with zero attached hydrogens (tertiary/aromatic N) is 8. The van der Waals surface area contributed by atoms with Gasteiger partial charge in [-0.25, -0.2) is 19.9 Å². The average molecular weight is 1750 g/mol. The van der Waals surface area contributed by atoms with Crippen molar-refractivity contribution in [2.45, 2.75) is 0 Å². The molecular weight excluding hydrogens is 1670 g/mol. The summed E-state index contributed by atoms with van der Waals surface area (Å²) in [5, 5.41) is 2.19. The Morgan fingerprint density at radius 1 is 0.190 bits per heavy atom. The number of hydrogen-bond acceptors (Lipinski definition) is 8. The first-order valence-corrected chi connectivity index (χ1v) is 46.4. The minimum Gasteiger partial charge on any atom is -0.453 e. The van der Waals surface area contributed by atoms with E-state index in [1.54, 1.807) is 0 Å². The molecule has 0 N–H and O–H groups in total. The van der Waals surface area contributed by atoms with E-state index >= 15 is 0 Å². The second kappa shape index (κ2) is 36.0. The lowest BCUT2D eigenvalue weighted by Crippen LogP contribution is -2.17. The molecule has 1 aliphatic rings. The Morgan fingerprint density at radius 2 is 0.460 bits per heavy atom. The van der Waals surface area contributed by atoms with Gasteiger partial charge in [-0.1, -0.05) is 376 Å². The lowest BCUT2D eigenvalue weighted by atomic mass is 9.86. The number of benzene rings is 20. The summed E-state index contributed by atoms with van der Waals surface area (Å²) in [6.07, 6.45) is 0. The molecule has 0 aliphatic carbocycles. The van der Waals surface area contributed by atoms with Gasteiger partial charge in [0, 0.05) is 95.1 Å². The van der Waals surface area contributed by atoms with Crippen molar-refractivity contribution in [2.75, 3.05) is 14.7 Å². The molecule has 0 amide bonds. The van der Waals surface area contributed by atoms with E-state index in [2.05, 4.69) is 486 Å². The molecule has 20 aromatic carbocycles. The van der Waals surface area contributed by atoms with Crippen LogP contribution >= 0.6 is 0 Å². The van der Waals surface area contributed by atoms with E-state index < -0.39 is 0 Å². The molecule has 4 heterocycles. The largest absolute Gasteiger partial charge is 0.453 e. The zero-order valence-electron chi connectivity index (χ0n) is 74.6. The molecule has 0 atom stereocenters. The third-order valence-corrected chi connectivity index (χ3v) is 26.0. The highest BCUT2D eigenvalue weighted by Gasteiger charge is 2.32. The van der Waals surface area contributed by atoms with Crippen LogP contribution in [0.15, 0.2) is 522 Å². The zero-order valence-corrected chi connectivity index (χ0v) is 74.6. The molecule has 0 saturated carbocycles. The van der Waals surface area contributed by atoms with Gasteiger partial charge >= 0.3 is 0 Å². The van der Waals surface area contributed by atoms with Gasteiger partial charge in [0.1, 0.15) is 0 Å². The normalized spacial score (nSPS) is 11.5. The second-order valence-electron chi connectivity index (χ2n) is 34.4. The van der Waals surface area contributed by atoms with Crippen molar-refractivity contribution < 1.29 is 4.74 Å². The Labute approximate surface area is 796 Å². The molecule has 0 bridgehead atoms. The smallest absolute Gasteiger partial charge is 0.160 e.